The molecular weight excluding hydrogens is 386 g/mol. The minimum absolute atomic E-state index is 0.452. The van der Waals surface area contributed by atoms with Crippen LogP contribution in [0.1, 0.15) is 22.3 Å². The molecule has 4 aromatic rings. The van der Waals surface area contributed by atoms with Crippen molar-refractivity contribution in [3.8, 4) is 5.75 Å². The molecule has 0 unspecified atom stereocenters. The Morgan fingerprint density at radius 2 is 1.07 bits per heavy atom. The van der Waals surface area contributed by atoms with Crippen LogP contribution in [0.25, 0.3) is 0 Å². The summed E-state index contributed by atoms with van der Waals surface area (Å²) in [6.07, 6.45) is 1.91. The fraction of sp³-hybridized carbons (Fsp3) is 0.0741. The van der Waals surface area contributed by atoms with Crippen molar-refractivity contribution in [3.05, 3.63) is 138 Å². The zero-order valence-corrected chi connectivity index (χ0v) is 17.6. The second-order valence-electron chi connectivity index (χ2n) is 6.88. The molecule has 0 spiro atoms. The van der Waals surface area contributed by atoms with Gasteiger partial charge in [-0.2, -0.15) is 0 Å². The van der Waals surface area contributed by atoms with Crippen molar-refractivity contribution in [1.82, 2.24) is 0 Å². The molecule has 0 N–H and O–H groups in total. The van der Waals surface area contributed by atoms with E-state index < -0.39 is 4.75 Å². The Morgan fingerprint density at radius 1 is 0.633 bits per heavy atom. The standard InChI is InChI=1S/C27H23NOS/c1-29-26-19-17-22(18-20-26)21-28-30-27(23-11-5-2-6-12-23,24-13-7-3-8-14-24)25-15-9-4-10-16-25/h2-21H,1H3. The molecule has 4 rings (SSSR count). The maximum atomic E-state index is 5.25. The fourth-order valence-corrected chi connectivity index (χ4v) is 4.59. The first-order chi connectivity index (χ1) is 14.8. The van der Waals surface area contributed by atoms with Gasteiger partial charge >= 0.3 is 0 Å². The number of rotatable bonds is 7. The van der Waals surface area contributed by atoms with E-state index in [1.807, 2.05) is 30.5 Å². The molecule has 148 valence electrons. The van der Waals surface area contributed by atoms with Gasteiger partial charge in [0.25, 0.3) is 0 Å². The van der Waals surface area contributed by atoms with Gasteiger partial charge in [0.2, 0.25) is 0 Å². The van der Waals surface area contributed by atoms with Crippen LogP contribution in [0, 0.1) is 0 Å². The van der Waals surface area contributed by atoms with E-state index in [9.17, 15) is 0 Å². The van der Waals surface area contributed by atoms with Gasteiger partial charge in [0.1, 0.15) is 10.5 Å². The summed E-state index contributed by atoms with van der Waals surface area (Å²) >= 11 is 1.57. The first kappa shape index (κ1) is 20.0. The smallest absolute Gasteiger partial charge is 0.118 e. The summed E-state index contributed by atoms with van der Waals surface area (Å²) in [7, 11) is 1.67. The topological polar surface area (TPSA) is 21.6 Å². The predicted molar refractivity (Wildman–Crippen MR) is 127 cm³/mol. The lowest BCUT2D eigenvalue weighted by atomic mass is 9.84. The Labute approximate surface area is 182 Å². The Kier molecular flexibility index (Phi) is 6.31. The summed E-state index contributed by atoms with van der Waals surface area (Å²) in [6.45, 7) is 0. The summed E-state index contributed by atoms with van der Waals surface area (Å²) in [5, 5.41) is 0. The average Bonchev–Trinajstić information content (AvgIpc) is 2.84. The minimum Gasteiger partial charge on any atom is -0.497 e. The van der Waals surface area contributed by atoms with Crippen LogP contribution < -0.4 is 4.74 Å². The summed E-state index contributed by atoms with van der Waals surface area (Å²) in [4.78, 5) is 0. The number of hydrogen-bond donors (Lipinski definition) is 0. The van der Waals surface area contributed by atoms with E-state index in [0.717, 1.165) is 11.3 Å². The molecular formula is C27H23NOS. The summed E-state index contributed by atoms with van der Waals surface area (Å²) in [5.74, 6) is 0.840. The highest BCUT2D eigenvalue weighted by Crippen LogP contribution is 2.48. The van der Waals surface area contributed by atoms with Crippen molar-refractivity contribution in [1.29, 1.82) is 0 Å². The van der Waals surface area contributed by atoms with Crippen LogP contribution in [-0.2, 0) is 4.75 Å². The second kappa shape index (κ2) is 9.47. The lowest BCUT2D eigenvalue weighted by molar-refractivity contribution is 0.415. The highest BCUT2D eigenvalue weighted by Gasteiger charge is 2.37. The van der Waals surface area contributed by atoms with Crippen LogP contribution in [0.3, 0.4) is 0 Å². The molecule has 0 atom stereocenters. The van der Waals surface area contributed by atoms with Gasteiger partial charge in [-0.05, 0) is 58.5 Å². The van der Waals surface area contributed by atoms with Crippen LogP contribution >= 0.6 is 11.9 Å². The quantitative estimate of drug-likeness (QED) is 0.191. The zero-order chi connectivity index (χ0) is 20.7. The van der Waals surface area contributed by atoms with E-state index in [0.29, 0.717) is 0 Å². The molecule has 0 fully saturated rings. The highest BCUT2D eigenvalue weighted by atomic mass is 32.2. The van der Waals surface area contributed by atoms with Gasteiger partial charge in [-0.1, -0.05) is 91.0 Å². The van der Waals surface area contributed by atoms with Crippen LogP contribution in [0.2, 0.25) is 0 Å². The number of ether oxygens (including phenoxy) is 1. The van der Waals surface area contributed by atoms with Crippen molar-refractivity contribution < 1.29 is 4.74 Å². The van der Waals surface area contributed by atoms with Gasteiger partial charge in [-0.25, -0.2) is 4.40 Å². The van der Waals surface area contributed by atoms with Gasteiger partial charge < -0.3 is 4.74 Å². The maximum absolute atomic E-state index is 5.25. The van der Waals surface area contributed by atoms with Gasteiger partial charge in [-0.3, -0.25) is 0 Å². The number of methoxy groups -OCH3 is 1. The average molecular weight is 410 g/mol. The maximum Gasteiger partial charge on any atom is 0.118 e. The van der Waals surface area contributed by atoms with Crippen molar-refractivity contribution >= 4 is 18.2 Å². The summed E-state index contributed by atoms with van der Waals surface area (Å²) in [5.41, 5.74) is 4.62. The molecule has 0 saturated carbocycles. The van der Waals surface area contributed by atoms with Crippen molar-refractivity contribution in [2.75, 3.05) is 7.11 Å². The third-order valence-electron chi connectivity index (χ3n) is 5.05. The molecule has 0 aromatic heterocycles. The Morgan fingerprint density at radius 3 is 1.47 bits per heavy atom. The monoisotopic (exact) mass is 409 g/mol. The fourth-order valence-electron chi connectivity index (χ4n) is 3.53. The number of hydrogen-bond acceptors (Lipinski definition) is 3. The molecule has 0 aliphatic rings. The molecule has 30 heavy (non-hydrogen) atoms. The molecule has 0 heterocycles. The SMILES string of the molecule is COc1ccc(C=NSC(c2ccccc2)(c2ccccc2)c2ccccc2)cc1. The van der Waals surface area contributed by atoms with Crippen LogP contribution in [0.5, 0.6) is 5.75 Å². The molecule has 0 radical (unpaired) electrons. The first-order valence-electron chi connectivity index (χ1n) is 9.85. The predicted octanol–water partition coefficient (Wildman–Crippen LogP) is 6.75. The molecule has 0 amide bonds. The third kappa shape index (κ3) is 4.17. The third-order valence-corrected chi connectivity index (χ3v) is 6.24. The normalized spacial score (nSPS) is 11.5. The van der Waals surface area contributed by atoms with Gasteiger partial charge in [-0.15, -0.1) is 0 Å². The van der Waals surface area contributed by atoms with Gasteiger partial charge in [0, 0.05) is 6.21 Å². The summed E-state index contributed by atoms with van der Waals surface area (Å²) < 4.78 is 9.65. The summed E-state index contributed by atoms with van der Waals surface area (Å²) in [6, 6.07) is 39.7. The lowest BCUT2D eigenvalue weighted by Gasteiger charge is -2.33. The highest BCUT2D eigenvalue weighted by molar-refractivity contribution is 7.99. The molecule has 0 aliphatic carbocycles. The molecule has 2 nitrogen and oxygen atoms in total. The largest absolute Gasteiger partial charge is 0.497 e. The van der Waals surface area contributed by atoms with E-state index in [-0.39, 0.29) is 0 Å². The van der Waals surface area contributed by atoms with E-state index in [1.165, 1.54) is 16.7 Å². The molecule has 0 aliphatic heterocycles. The van der Waals surface area contributed by atoms with Crippen molar-refractivity contribution in [2.24, 2.45) is 4.40 Å². The molecule has 3 heteroatoms. The van der Waals surface area contributed by atoms with E-state index in [4.69, 9.17) is 9.13 Å². The van der Waals surface area contributed by atoms with Crippen molar-refractivity contribution in [2.45, 2.75) is 4.75 Å². The Bertz CT molecular complexity index is 981. The van der Waals surface area contributed by atoms with E-state index >= 15 is 0 Å². The Hall–Kier alpha value is -3.30. The van der Waals surface area contributed by atoms with E-state index in [1.54, 1.807) is 19.1 Å². The molecule has 4 aromatic carbocycles. The second-order valence-corrected chi connectivity index (χ2v) is 7.88. The first-order valence-corrected chi connectivity index (χ1v) is 10.6. The number of nitrogens with zero attached hydrogens (tertiary/aromatic N) is 1. The molecule has 0 bridgehead atoms. The van der Waals surface area contributed by atoms with Crippen LogP contribution in [0.15, 0.2) is 120 Å². The number of benzene rings is 4. The minimum atomic E-state index is -0.452. The van der Waals surface area contributed by atoms with E-state index in [2.05, 4.69) is 91.0 Å². The van der Waals surface area contributed by atoms with Crippen LogP contribution in [-0.4, -0.2) is 13.3 Å². The molecule has 0 saturated heterocycles. The van der Waals surface area contributed by atoms with Gasteiger partial charge in [0.05, 0.1) is 7.11 Å². The van der Waals surface area contributed by atoms with Gasteiger partial charge in [0.15, 0.2) is 0 Å². The zero-order valence-electron chi connectivity index (χ0n) is 16.8. The lowest BCUT2D eigenvalue weighted by Crippen LogP contribution is -2.24. The van der Waals surface area contributed by atoms with Crippen molar-refractivity contribution in [3.63, 3.8) is 0 Å². The van der Waals surface area contributed by atoms with Crippen LogP contribution in [0.4, 0.5) is 0 Å². The Balaban J connectivity index is 1.81.